The lowest BCUT2D eigenvalue weighted by atomic mass is 10.2. The van der Waals surface area contributed by atoms with Gasteiger partial charge in [0.15, 0.2) is 0 Å². The molecule has 1 aromatic carbocycles. The van der Waals surface area contributed by atoms with Crippen LogP contribution >= 0.6 is 31.9 Å². The van der Waals surface area contributed by atoms with Crippen molar-refractivity contribution < 1.29 is 8.42 Å². The Morgan fingerprint density at radius 1 is 1.10 bits per heavy atom. The van der Waals surface area contributed by atoms with Crippen LogP contribution in [0.2, 0.25) is 0 Å². The lowest BCUT2D eigenvalue weighted by Crippen LogP contribution is -2.26. The van der Waals surface area contributed by atoms with Crippen LogP contribution in [0.5, 0.6) is 0 Å². The summed E-state index contributed by atoms with van der Waals surface area (Å²) in [7, 11) is -3.51. The molecule has 1 heterocycles. The number of pyridine rings is 1. The summed E-state index contributed by atoms with van der Waals surface area (Å²) in [6, 6.07) is 8.69. The first-order valence-corrected chi connectivity index (χ1v) is 8.89. The molecule has 1 N–H and O–H groups in total. The molecule has 0 saturated carbocycles. The second-order valence-electron chi connectivity index (χ2n) is 4.08. The number of benzene rings is 1. The Morgan fingerprint density at radius 3 is 2.45 bits per heavy atom. The minimum absolute atomic E-state index is 0.232. The number of rotatable bonds is 5. The highest BCUT2D eigenvalue weighted by Crippen LogP contribution is 2.25. The topological polar surface area (TPSA) is 59.1 Å². The van der Waals surface area contributed by atoms with Crippen molar-refractivity contribution in [1.82, 2.24) is 9.71 Å². The van der Waals surface area contributed by atoms with Crippen molar-refractivity contribution in [2.75, 3.05) is 6.54 Å². The Kier molecular flexibility index (Phi) is 5.31. The molecule has 0 bridgehead atoms. The fourth-order valence-electron chi connectivity index (χ4n) is 1.65. The SMILES string of the molecule is O=S(=O)(NCCc1ccncc1)c1ccc(Br)cc1Br. The summed E-state index contributed by atoms with van der Waals surface area (Å²) in [5.74, 6) is 0. The van der Waals surface area contributed by atoms with Crippen molar-refractivity contribution in [2.45, 2.75) is 11.3 Å². The van der Waals surface area contributed by atoms with E-state index in [-0.39, 0.29) is 4.90 Å². The molecular weight excluding hydrogens is 408 g/mol. The summed E-state index contributed by atoms with van der Waals surface area (Å²) >= 11 is 6.56. The third-order valence-electron chi connectivity index (χ3n) is 2.64. The van der Waals surface area contributed by atoms with Gasteiger partial charge in [-0.05, 0) is 58.2 Å². The van der Waals surface area contributed by atoms with Crippen LogP contribution in [0.15, 0.2) is 56.6 Å². The Bertz CT molecular complexity index is 691. The third kappa shape index (κ3) is 4.12. The molecule has 106 valence electrons. The molecule has 0 saturated heterocycles. The number of hydrogen-bond acceptors (Lipinski definition) is 3. The van der Waals surface area contributed by atoms with Gasteiger partial charge in [-0.1, -0.05) is 15.9 Å². The maximum absolute atomic E-state index is 12.2. The van der Waals surface area contributed by atoms with Crippen molar-refractivity contribution in [1.29, 1.82) is 0 Å². The van der Waals surface area contributed by atoms with E-state index >= 15 is 0 Å². The van der Waals surface area contributed by atoms with E-state index in [0.29, 0.717) is 17.4 Å². The number of halogens is 2. The van der Waals surface area contributed by atoms with Gasteiger partial charge < -0.3 is 0 Å². The molecule has 0 spiro atoms. The molecule has 0 amide bonds. The second-order valence-corrected chi connectivity index (χ2v) is 7.58. The van der Waals surface area contributed by atoms with Gasteiger partial charge in [-0.25, -0.2) is 13.1 Å². The van der Waals surface area contributed by atoms with Gasteiger partial charge in [0.25, 0.3) is 0 Å². The molecule has 0 aliphatic carbocycles. The maximum atomic E-state index is 12.2. The fourth-order valence-corrected chi connectivity index (χ4v) is 4.43. The number of hydrogen-bond donors (Lipinski definition) is 1. The molecule has 0 aliphatic heterocycles. The van der Waals surface area contributed by atoms with Crippen LogP contribution in [0.1, 0.15) is 5.56 Å². The van der Waals surface area contributed by atoms with Crippen LogP contribution in [0.4, 0.5) is 0 Å². The number of nitrogens with one attached hydrogen (secondary N) is 1. The molecule has 0 radical (unpaired) electrons. The Balaban J connectivity index is 2.04. The van der Waals surface area contributed by atoms with Crippen LogP contribution in [0.3, 0.4) is 0 Å². The lowest BCUT2D eigenvalue weighted by molar-refractivity contribution is 0.581. The molecule has 0 atom stereocenters. The summed E-state index contributed by atoms with van der Waals surface area (Å²) in [5, 5.41) is 0. The Labute approximate surface area is 134 Å². The molecule has 7 heteroatoms. The number of sulfonamides is 1. The molecule has 20 heavy (non-hydrogen) atoms. The smallest absolute Gasteiger partial charge is 0.241 e. The molecular formula is C13H12Br2N2O2S. The van der Waals surface area contributed by atoms with E-state index in [4.69, 9.17) is 0 Å². The van der Waals surface area contributed by atoms with Gasteiger partial charge in [0.1, 0.15) is 0 Å². The van der Waals surface area contributed by atoms with E-state index in [9.17, 15) is 8.42 Å². The standard InChI is InChI=1S/C13H12Br2N2O2S/c14-11-1-2-13(12(15)9-11)20(18,19)17-8-5-10-3-6-16-7-4-10/h1-4,6-7,9,17H,5,8H2. The summed E-state index contributed by atoms with van der Waals surface area (Å²) < 4.78 is 28.3. The van der Waals surface area contributed by atoms with E-state index in [1.165, 1.54) is 0 Å². The minimum Gasteiger partial charge on any atom is -0.265 e. The molecule has 0 fully saturated rings. The van der Waals surface area contributed by atoms with Crippen LogP contribution in [0, 0.1) is 0 Å². The van der Waals surface area contributed by atoms with E-state index in [0.717, 1.165) is 10.0 Å². The quantitative estimate of drug-likeness (QED) is 0.809. The number of nitrogens with zero attached hydrogens (tertiary/aromatic N) is 1. The third-order valence-corrected chi connectivity index (χ3v) is 5.57. The van der Waals surface area contributed by atoms with Crippen molar-refractivity contribution >= 4 is 41.9 Å². The first-order chi connectivity index (χ1) is 9.49. The van der Waals surface area contributed by atoms with E-state index in [2.05, 4.69) is 41.6 Å². The zero-order chi connectivity index (χ0) is 14.6. The van der Waals surface area contributed by atoms with Gasteiger partial charge in [-0.3, -0.25) is 4.98 Å². The first kappa shape index (κ1) is 15.6. The average molecular weight is 420 g/mol. The maximum Gasteiger partial charge on any atom is 0.241 e. The molecule has 2 aromatic rings. The summed E-state index contributed by atoms with van der Waals surface area (Å²) in [4.78, 5) is 4.15. The highest BCUT2D eigenvalue weighted by atomic mass is 79.9. The van der Waals surface area contributed by atoms with Gasteiger partial charge in [0.2, 0.25) is 10.0 Å². The average Bonchev–Trinajstić information content (AvgIpc) is 2.39. The highest BCUT2D eigenvalue weighted by Gasteiger charge is 2.16. The van der Waals surface area contributed by atoms with E-state index in [1.807, 2.05) is 12.1 Å². The van der Waals surface area contributed by atoms with Crippen LogP contribution < -0.4 is 4.72 Å². The van der Waals surface area contributed by atoms with Gasteiger partial charge in [-0.15, -0.1) is 0 Å². The van der Waals surface area contributed by atoms with Crippen molar-refractivity contribution in [2.24, 2.45) is 0 Å². The largest absolute Gasteiger partial charge is 0.265 e. The van der Waals surface area contributed by atoms with Crippen LogP contribution in [0.25, 0.3) is 0 Å². The van der Waals surface area contributed by atoms with Crippen LogP contribution in [-0.2, 0) is 16.4 Å². The minimum atomic E-state index is -3.51. The molecule has 0 aliphatic rings. The van der Waals surface area contributed by atoms with E-state index < -0.39 is 10.0 Å². The molecule has 1 aromatic heterocycles. The Morgan fingerprint density at radius 2 is 1.80 bits per heavy atom. The molecule has 2 rings (SSSR count). The normalized spacial score (nSPS) is 11.5. The monoisotopic (exact) mass is 418 g/mol. The summed E-state index contributed by atoms with van der Waals surface area (Å²) in [6.07, 6.45) is 4.00. The lowest BCUT2D eigenvalue weighted by Gasteiger charge is -2.08. The van der Waals surface area contributed by atoms with Gasteiger partial charge in [0, 0.05) is 27.9 Å². The van der Waals surface area contributed by atoms with E-state index in [1.54, 1.807) is 30.6 Å². The summed E-state index contributed by atoms with van der Waals surface area (Å²) in [6.45, 7) is 0.342. The zero-order valence-corrected chi connectivity index (χ0v) is 14.4. The predicted octanol–water partition coefficient (Wildman–Crippen LogP) is 3.13. The van der Waals surface area contributed by atoms with Crippen molar-refractivity contribution in [3.05, 3.63) is 57.2 Å². The highest BCUT2D eigenvalue weighted by molar-refractivity contribution is 9.11. The second kappa shape index (κ2) is 6.80. The van der Waals surface area contributed by atoms with Crippen molar-refractivity contribution in [3.63, 3.8) is 0 Å². The fraction of sp³-hybridized carbons (Fsp3) is 0.154. The van der Waals surface area contributed by atoms with Crippen LogP contribution in [-0.4, -0.2) is 19.9 Å². The van der Waals surface area contributed by atoms with Gasteiger partial charge in [-0.2, -0.15) is 0 Å². The predicted molar refractivity (Wildman–Crippen MR) is 85.0 cm³/mol. The Hall–Kier alpha value is -0.760. The van der Waals surface area contributed by atoms with Crippen molar-refractivity contribution in [3.8, 4) is 0 Å². The molecule has 4 nitrogen and oxygen atoms in total. The number of aromatic nitrogens is 1. The zero-order valence-electron chi connectivity index (χ0n) is 10.4. The summed E-state index contributed by atoms with van der Waals surface area (Å²) in [5.41, 5.74) is 1.04. The van der Waals surface area contributed by atoms with Gasteiger partial charge >= 0.3 is 0 Å². The molecule has 0 unspecified atom stereocenters. The first-order valence-electron chi connectivity index (χ1n) is 5.83. The van der Waals surface area contributed by atoms with Gasteiger partial charge in [0.05, 0.1) is 4.90 Å².